The van der Waals surface area contributed by atoms with Crippen LogP contribution in [0.3, 0.4) is 0 Å². The zero-order valence-corrected chi connectivity index (χ0v) is 12.7. The molecule has 112 valence electrons. The summed E-state index contributed by atoms with van der Waals surface area (Å²) in [6.45, 7) is 2.69. The van der Waals surface area contributed by atoms with Crippen LogP contribution in [0.15, 0.2) is 48.5 Å². The van der Waals surface area contributed by atoms with E-state index in [0.717, 1.165) is 39.7 Å². The van der Waals surface area contributed by atoms with E-state index in [1.807, 2.05) is 18.2 Å². The minimum atomic E-state index is -0.0171. The second-order valence-corrected chi connectivity index (χ2v) is 5.54. The fourth-order valence-electron chi connectivity index (χ4n) is 2.76. The molecule has 1 heterocycles. The van der Waals surface area contributed by atoms with Gasteiger partial charge in [-0.3, -0.25) is 0 Å². The Morgan fingerprint density at radius 3 is 2.55 bits per heavy atom. The molecule has 1 aromatic heterocycles. The van der Waals surface area contributed by atoms with Crippen molar-refractivity contribution in [3.05, 3.63) is 65.2 Å². The molecule has 0 amide bonds. The Labute approximate surface area is 130 Å². The zero-order chi connectivity index (χ0) is 15.5. The van der Waals surface area contributed by atoms with Gasteiger partial charge in [0.15, 0.2) is 0 Å². The summed E-state index contributed by atoms with van der Waals surface area (Å²) >= 11 is 0. The molecule has 0 aliphatic heterocycles. The molecule has 3 nitrogen and oxygen atoms in total. The standard InChI is InChI=1S/C19H20N2O/c1-13-3-2-4-16-11-17(12-22)19(21-18(13)16)15-7-5-14(6-8-15)9-10-20/h2-8,11,22H,9-10,12,20H2,1H3. The van der Waals surface area contributed by atoms with E-state index in [2.05, 4.69) is 37.3 Å². The van der Waals surface area contributed by atoms with Crippen molar-refractivity contribution in [1.29, 1.82) is 0 Å². The van der Waals surface area contributed by atoms with Crippen LogP contribution >= 0.6 is 0 Å². The maximum Gasteiger partial charge on any atom is 0.0764 e. The molecule has 0 aliphatic rings. The van der Waals surface area contributed by atoms with Gasteiger partial charge in [0, 0.05) is 16.5 Å². The lowest BCUT2D eigenvalue weighted by Crippen LogP contribution is -2.02. The SMILES string of the molecule is Cc1cccc2cc(CO)c(-c3ccc(CCN)cc3)nc12. The highest BCUT2D eigenvalue weighted by Gasteiger charge is 2.10. The van der Waals surface area contributed by atoms with Crippen LogP contribution in [0.1, 0.15) is 16.7 Å². The molecule has 0 fully saturated rings. The van der Waals surface area contributed by atoms with Crippen LogP contribution in [-0.4, -0.2) is 16.6 Å². The number of fused-ring (bicyclic) bond motifs is 1. The Kier molecular flexibility index (Phi) is 4.18. The van der Waals surface area contributed by atoms with Gasteiger partial charge in [-0.05, 0) is 37.1 Å². The summed E-state index contributed by atoms with van der Waals surface area (Å²) in [7, 11) is 0. The van der Waals surface area contributed by atoms with E-state index in [1.165, 1.54) is 5.56 Å². The molecule has 0 unspecified atom stereocenters. The molecule has 3 rings (SSSR count). The largest absolute Gasteiger partial charge is 0.392 e. The number of para-hydroxylation sites is 1. The van der Waals surface area contributed by atoms with Crippen LogP contribution < -0.4 is 5.73 Å². The quantitative estimate of drug-likeness (QED) is 0.776. The number of pyridine rings is 1. The number of hydrogen-bond donors (Lipinski definition) is 2. The van der Waals surface area contributed by atoms with E-state index in [0.29, 0.717) is 6.54 Å². The van der Waals surface area contributed by atoms with E-state index in [-0.39, 0.29) is 6.61 Å². The summed E-state index contributed by atoms with van der Waals surface area (Å²) in [5.74, 6) is 0. The number of aliphatic hydroxyl groups excluding tert-OH is 1. The number of nitrogens with zero attached hydrogens (tertiary/aromatic N) is 1. The van der Waals surface area contributed by atoms with E-state index in [1.54, 1.807) is 0 Å². The predicted molar refractivity (Wildman–Crippen MR) is 90.6 cm³/mol. The lowest BCUT2D eigenvalue weighted by atomic mass is 10.0. The number of aromatic nitrogens is 1. The summed E-state index contributed by atoms with van der Waals surface area (Å²) in [6, 6.07) is 16.4. The highest BCUT2D eigenvalue weighted by atomic mass is 16.3. The van der Waals surface area contributed by atoms with Gasteiger partial charge in [-0.25, -0.2) is 4.98 Å². The minimum absolute atomic E-state index is 0.0171. The molecule has 3 aromatic rings. The van der Waals surface area contributed by atoms with Gasteiger partial charge >= 0.3 is 0 Å². The van der Waals surface area contributed by atoms with Crippen molar-refractivity contribution >= 4 is 10.9 Å². The van der Waals surface area contributed by atoms with E-state index in [9.17, 15) is 5.11 Å². The predicted octanol–water partition coefficient (Wildman–Crippen LogP) is 3.20. The number of aliphatic hydroxyl groups is 1. The Morgan fingerprint density at radius 2 is 1.86 bits per heavy atom. The summed E-state index contributed by atoms with van der Waals surface area (Å²) in [5.41, 5.74) is 11.7. The van der Waals surface area contributed by atoms with Gasteiger partial charge in [0.25, 0.3) is 0 Å². The summed E-state index contributed by atoms with van der Waals surface area (Å²) in [6.07, 6.45) is 0.872. The highest BCUT2D eigenvalue weighted by Crippen LogP contribution is 2.27. The number of aryl methyl sites for hydroxylation is 1. The normalized spacial score (nSPS) is 11.0. The topological polar surface area (TPSA) is 59.1 Å². The number of nitrogens with two attached hydrogens (primary N) is 1. The maximum atomic E-state index is 9.69. The lowest BCUT2D eigenvalue weighted by molar-refractivity contribution is 0.282. The first-order valence-electron chi connectivity index (χ1n) is 7.52. The average molecular weight is 292 g/mol. The van der Waals surface area contributed by atoms with Crippen molar-refractivity contribution in [2.45, 2.75) is 20.0 Å². The van der Waals surface area contributed by atoms with Crippen molar-refractivity contribution in [2.75, 3.05) is 6.54 Å². The van der Waals surface area contributed by atoms with Crippen LogP contribution in [0.4, 0.5) is 0 Å². The Hall–Kier alpha value is -2.23. The molecule has 0 atom stereocenters. The lowest BCUT2D eigenvalue weighted by Gasteiger charge is -2.11. The van der Waals surface area contributed by atoms with Crippen molar-refractivity contribution in [3.8, 4) is 11.3 Å². The Balaban J connectivity index is 2.14. The maximum absolute atomic E-state index is 9.69. The summed E-state index contributed by atoms with van der Waals surface area (Å²) in [4.78, 5) is 4.81. The molecular formula is C19H20N2O. The molecule has 3 N–H and O–H groups in total. The third kappa shape index (κ3) is 2.73. The van der Waals surface area contributed by atoms with E-state index >= 15 is 0 Å². The molecule has 0 aliphatic carbocycles. The van der Waals surface area contributed by atoms with E-state index in [4.69, 9.17) is 10.7 Å². The fraction of sp³-hybridized carbons (Fsp3) is 0.211. The molecule has 3 heteroatoms. The van der Waals surface area contributed by atoms with Crippen LogP contribution in [-0.2, 0) is 13.0 Å². The minimum Gasteiger partial charge on any atom is -0.392 e. The molecule has 22 heavy (non-hydrogen) atoms. The van der Waals surface area contributed by atoms with Crippen molar-refractivity contribution < 1.29 is 5.11 Å². The van der Waals surface area contributed by atoms with Crippen molar-refractivity contribution in [2.24, 2.45) is 5.73 Å². The fourth-order valence-corrected chi connectivity index (χ4v) is 2.76. The summed E-state index contributed by atoms with van der Waals surface area (Å²) < 4.78 is 0. The first kappa shape index (κ1) is 14.7. The summed E-state index contributed by atoms with van der Waals surface area (Å²) in [5, 5.41) is 10.8. The van der Waals surface area contributed by atoms with Gasteiger partial charge in [-0.2, -0.15) is 0 Å². The van der Waals surface area contributed by atoms with Gasteiger partial charge in [0.2, 0.25) is 0 Å². The van der Waals surface area contributed by atoms with Crippen LogP contribution in [0.5, 0.6) is 0 Å². The molecule has 2 aromatic carbocycles. The third-order valence-corrected chi connectivity index (χ3v) is 3.96. The monoisotopic (exact) mass is 292 g/mol. The molecule has 0 saturated heterocycles. The van der Waals surface area contributed by atoms with Gasteiger partial charge in [0.05, 0.1) is 17.8 Å². The van der Waals surface area contributed by atoms with E-state index < -0.39 is 0 Å². The Bertz CT molecular complexity index is 794. The van der Waals surface area contributed by atoms with Gasteiger partial charge in [-0.15, -0.1) is 0 Å². The highest BCUT2D eigenvalue weighted by molar-refractivity contribution is 5.85. The first-order valence-corrected chi connectivity index (χ1v) is 7.52. The number of hydrogen-bond acceptors (Lipinski definition) is 3. The van der Waals surface area contributed by atoms with Gasteiger partial charge in [0.1, 0.15) is 0 Å². The smallest absolute Gasteiger partial charge is 0.0764 e. The Morgan fingerprint density at radius 1 is 1.09 bits per heavy atom. The second kappa shape index (κ2) is 6.26. The molecule has 0 radical (unpaired) electrons. The van der Waals surface area contributed by atoms with Crippen molar-refractivity contribution in [1.82, 2.24) is 4.98 Å². The van der Waals surface area contributed by atoms with Crippen molar-refractivity contribution in [3.63, 3.8) is 0 Å². The molecule has 0 bridgehead atoms. The van der Waals surface area contributed by atoms with Gasteiger partial charge in [-0.1, -0.05) is 42.5 Å². The van der Waals surface area contributed by atoms with Gasteiger partial charge < -0.3 is 10.8 Å². The van der Waals surface area contributed by atoms with Crippen LogP contribution in [0.25, 0.3) is 22.2 Å². The molecular weight excluding hydrogens is 272 g/mol. The second-order valence-electron chi connectivity index (χ2n) is 5.54. The number of benzene rings is 2. The average Bonchev–Trinajstić information content (AvgIpc) is 2.55. The molecule has 0 saturated carbocycles. The van der Waals surface area contributed by atoms with Crippen LogP contribution in [0, 0.1) is 6.92 Å². The molecule has 0 spiro atoms. The zero-order valence-electron chi connectivity index (χ0n) is 12.7. The number of rotatable bonds is 4. The third-order valence-electron chi connectivity index (χ3n) is 3.96. The van der Waals surface area contributed by atoms with Crippen LogP contribution in [0.2, 0.25) is 0 Å². The first-order chi connectivity index (χ1) is 10.7.